The van der Waals surface area contributed by atoms with Crippen LogP contribution in [0.4, 0.5) is 5.82 Å². The highest BCUT2D eigenvalue weighted by molar-refractivity contribution is 5.85. The molecule has 1 saturated heterocycles. The Bertz CT molecular complexity index is 760. The van der Waals surface area contributed by atoms with E-state index in [2.05, 4.69) is 45.2 Å². The van der Waals surface area contributed by atoms with Gasteiger partial charge in [0.1, 0.15) is 17.8 Å². The summed E-state index contributed by atoms with van der Waals surface area (Å²) in [5, 5.41) is 0.912. The Morgan fingerprint density at radius 3 is 2.46 bits per heavy atom. The third-order valence-electron chi connectivity index (χ3n) is 4.39. The number of benzene rings is 1. The molecular formula is C19H25N5. The summed E-state index contributed by atoms with van der Waals surface area (Å²) >= 11 is 0. The highest BCUT2D eigenvalue weighted by Crippen LogP contribution is 2.15. The third-order valence-corrected chi connectivity index (χ3v) is 4.39. The van der Waals surface area contributed by atoms with Gasteiger partial charge in [-0.15, -0.1) is 0 Å². The molecule has 0 spiro atoms. The van der Waals surface area contributed by atoms with Gasteiger partial charge < -0.3 is 10.3 Å². The predicted octanol–water partition coefficient (Wildman–Crippen LogP) is 3.22. The van der Waals surface area contributed by atoms with Crippen molar-refractivity contribution in [2.45, 2.75) is 25.8 Å². The third kappa shape index (κ3) is 4.11. The number of piperidine rings is 1. The van der Waals surface area contributed by atoms with Crippen LogP contribution in [0.15, 0.2) is 48.9 Å². The molecule has 0 radical (unpaired) electrons. The smallest absolute Gasteiger partial charge is 0.145 e. The standard InChI is InChI=1S/C12H17N.C7H8N4/c1-3-7-12(8-4-1)11-13-9-5-2-6-10-13;1-11-3-2-5-6(8)9-4-10-7(5)11/h1,3-4,7-8H,2,5-6,9-11H2;2-4H,1H3,(H2,8,9,10). The molecule has 0 atom stereocenters. The van der Waals surface area contributed by atoms with Crippen LogP contribution in [0.1, 0.15) is 24.8 Å². The highest BCUT2D eigenvalue weighted by atomic mass is 15.1. The fourth-order valence-electron chi connectivity index (χ4n) is 3.06. The van der Waals surface area contributed by atoms with Crippen molar-refractivity contribution in [1.29, 1.82) is 0 Å². The van der Waals surface area contributed by atoms with Crippen molar-refractivity contribution in [3.8, 4) is 0 Å². The lowest BCUT2D eigenvalue weighted by Crippen LogP contribution is -2.28. The average molecular weight is 323 g/mol. The number of rotatable bonds is 2. The van der Waals surface area contributed by atoms with Gasteiger partial charge in [0, 0.05) is 19.8 Å². The minimum absolute atomic E-state index is 0.538. The first-order valence-corrected chi connectivity index (χ1v) is 8.52. The normalized spacial score (nSPS) is 15.0. The highest BCUT2D eigenvalue weighted by Gasteiger charge is 2.09. The van der Waals surface area contributed by atoms with Gasteiger partial charge in [-0.1, -0.05) is 36.8 Å². The number of nitrogens with zero attached hydrogens (tertiary/aromatic N) is 4. The summed E-state index contributed by atoms with van der Waals surface area (Å²) in [5.74, 6) is 0.538. The second-order valence-corrected chi connectivity index (χ2v) is 6.25. The molecule has 1 aromatic carbocycles. The molecule has 0 amide bonds. The van der Waals surface area contributed by atoms with Gasteiger partial charge >= 0.3 is 0 Å². The first kappa shape index (κ1) is 16.5. The summed E-state index contributed by atoms with van der Waals surface area (Å²) in [6, 6.07) is 12.7. The first-order chi connectivity index (χ1) is 11.7. The molecule has 4 rings (SSSR count). The molecule has 1 aliphatic rings. The van der Waals surface area contributed by atoms with Crippen LogP contribution < -0.4 is 5.73 Å². The SMILES string of the molecule is Cn1ccc2c(N)ncnc21.c1ccc(CN2CCCCC2)cc1. The number of nitrogen functional groups attached to an aromatic ring is 1. The van der Waals surface area contributed by atoms with Crippen LogP contribution in [0, 0.1) is 0 Å². The van der Waals surface area contributed by atoms with Gasteiger partial charge in [-0.2, -0.15) is 0 Å². The molecule has 3 aromatic rings. The van der Waals surface area contributed by atoms with Gasteiger partial charge in [0.15, 0.2) is 0 Å². The summed E-state index contributed by atoms with van der Waals surface area (Å²) in [6.07, 6.45) is 7.57. The topological polar surface area (TPSA) is 60.0 Å². The number of aryl methyl sites for hydroxylation is 1. The van der Waals surface area contributed by atoms with Gasteiger partial charge in [0.25, 0.3) is 0 Å². The number of likely N-dealkylation sites (tertiary alicyclic amines) is 1. The number of hydrogen-bond acceptors (Lipinski definition) is 4. The van der Waals surface area contributed by atoms with Gasteiger partial charge in [0.2, 0.25) is 0 Å². The molecule has 24 heavy (non-hydrogen) atoms. The van der Waals surface area contributed by atoms with E-state index in [1.807, 2.05) is 23.9 Å². The van der Waals surface area contributed by atoms with Gasteiger partial charge in [-0.05, 0) is 37.6 Å². The van der Waals surface area contributed by atoms with E-state index in [-0.39, 0.29) is 0 Å². The van der Waals surface area contributed by atoms with Crippen LogP contribution in [0.3, 0.4) is 0 Å². The molecule has 126 valence electrons. The van der Waals surface area contributed by atoms with Gasteiger partial charge in [0.05, 0.1) is 5.39 Å². The van der Waals surface area contributed by atoms with Gasteiger partial charge in [-0.3, -0.25) is 4.90 Å². The van der Waals surface area contributed by atoms with Crippen LogP contribution in [0.25, 0.3) is 11.0 Å². The quantitative estimate of drug-likeness (QED) is 0.786. The van der Waals surface area contributed by atoms with Crippen molar-refractivity contribution in [2.24, 2.45) is 7.05 Å². The zero-order valence-corrected chi connectivity index (χ0v) is 14.2. The van der Waals surface area contributed by atoms with E-state index in [1.54, 1.807) is 0 Å². The molecule has 0 bridgehead atoms. The van der Waals surface area contributed by atoms with Crippen molar-refractivity contribution in [3.63, 3.8) is 0 Å². The summed E-state index contributed by atoms with van der Waals surface area (Å²) < 4.78 is 1.91. The maximum atomic E-state index is 5.61. The Kier molecular flexibility index (Phi) is 5.43. The average Bonchev–Trinajstić information content (AvgIpc) is 3.00. The van der Waals surface area contributed by atoms with Crippen molar-refractivity contribution in [3.05, 3.63) is 54.5 Å². The maximum absolute atomic E-state index is 5.61. The van der Waals surface area contributed by atoms with E-state index in [1.165, 1.54) is 44.2 Å². The van der Waals surface area contributed by atoms with Crippen LogP contribution in [0.5, 0.6) is 0 Å². The summed E-state index contributed by atoms with van der Waals surface area (Å²) in [4.78, 5) is 10.5. The van der Waals surface area contributed by atoms with E-state index in [9.17, 15) is 0 Å². The van der Waals surface area contributed by atoms with Crippen molar-refractivity contribution in [1.82, 2.24) is 19.4 Å². The first-order valence-electron chi connectivity index (χ1n) is 8.52. The fourth-order valence-corrected chi connectivity index (χ4v) is 3.06. The number of hydrogen-bond donors (Lipinski definition) is 1. The van der Waals surface area contributed by atoms with E-state index in [0.29, 0.717) is 5.82 Å². The number of fused-ring (bicyclic) bond motifs is 1. The second kappa shape index (κ2) is 7.93. The molecule has 2 N–H and O–H groups in total. The van der Waals surface area contributed by atoms with E-state index < -0.39 is 0 Å². The van der Waals surface area contributed by atoms with E-state index in [0.717, 1.165) is 17.6 Å². The fraction of sp³-hybridized carbons (Fsp3) is 0.368. The van der Waals surface area contributed by atoms with E-state index in [4.69, 9.17) is 5.73 Å². The van der Waals surface area contributed by atoms with Crippen molar-refractivity contribution < 1.29 is 0 Å². The Morgan fingerprint density at radius 2 is 1.75 bits per heavy atom. The molecule has 3 heterocycles. The summed E-state index contributed by atoms with van der Waals surface area (Å²) in [7, 11) is 1.93. The minimum Gasteiger partial charge on any atom is -0.383 e. The van der Waals surface area contributed by atoms with Crippen LogP contribution >= 0.6 is 0 Å². The van der Waals surface area contributed by atoms with E-state index >= 15 is 0 Å². The van der Waals surface area contributed by atoms with Crippen LogP contribution in [0.2, 0.25) is 0 Å². The summed E-state index contributed by atoms with van der Waals surface area (Å²) in [6.45, 7) is 3.71. The lowest BCUT2D eigenvalue weighted by Gasteiger charge is -2.26. The number of aromatic nitrogens is 3. The molecule has 1 aliphatic heterocycles. The predicted molar refractivity (Wildman–Crippen MR) is 98.5 cm³/mol. The zero-order valence-electron chi connectivity index (χ0n) is 14.2. The number of anilines is 1. The molecule has 1 fully saturated rings. The monoisotopic (exact) mass is 323 g/mol. The van der Waals surface area contributed by atoms with Crippen molar-refractivity contribution in [2.75, 3.05) is 18.8 Å². The van der Waals surface area contributed by atoms with Crippen LogP contribution in [-0.2, 0) is 13.6 Å². The van der Waals surface area contributed by atoms with Crippen molar-refractivity contribution >= 4 is 16.9 Å². The molecule has 0 saturated carbocycles. The lowest BCUT2D eigenvalue weighted by atomic mass is 10.1. The Hall–Kier alpha value is -2.40. The molecule has 5 nitrogen and oxygen atoms in total. The largest absolute Gasteiger partial charge is 0.383 e. The molecule has 2 aromatic heterocycles. The molecule has 0 unspecified atom stereocenters. The second-order valence-electron chi connectivity index (χ2n) is 6.25. The molecular weight excluding hydrogens is 298 g/mol. The van der Waals surface area contributed by atoms with Gasteiger partial charge in [-0.25, -0.2) is 9.97 Å². The maximum Gasteiger partial charge on any atom is 0.145 e. The molecule has 0 aliphatic carbocycles. The zero-order chi connectivity index (χ0) is 16.8. The lowest BCUT2D eigenvalue weighted by molar-refractivity contribution is 0.221. The van der Waals surface area contributed by atoms with Crippen LogP contribution in [-0.4, -0.2) is 32.5 Å². The minimum atomic E-state index is 0.538. The number of nitrogens with two attached hydrogens (primary N) is 1. The Morgan fingerprint density at radius 1 is 1.00 bits per heavy atom. The summed E-state index contributed by atoms with van der Waals surface area (Å²) in [5.41, 5.74) is 7.93. The Balaban J connectivity index is 0.000000143. The molecule has 5 heteroatoms. The Labute approximate surface area is 143 Å².